The Hall–Kier alpha value is -1.77. The third-order valence-electron chi connectivity index (χ3n) is 3.12. The molecule has 0 saturated carbocycles. The van der Waals surface area contributed by atoms with Gasteiger partial charge in [0.25, 0.3) is 0 Å². The first-order valence-electron chi connectivity index (χ1n) is 6.54. The largest absolute Gasteiger partial charge is 0.356 e. The Bertz CT molecular complexity index is 401. The van der Waals surface area contributed by atoms with Crippen LogP contribution in [0, 0.1) is 0 Å². The Labute approximate surface area is 109 Å². The van der Waals surface area contributed by atoms with E-state index in [1.54, 1.807) is 0 Å². The maximum absolute atomic E-state index is 4.25. The van der Waals surface area contributed by atoms with E-state index in [-0.39, 0.29) is 0 Å². The van der Waals surface area contributed by atoms with Crippen LogP contribution in [-0.4, -0.2) is 25.6 Å². The van der Waals surface area contributed by atoms with Crippen LogP contribution in [0.3, 0.4) is 0 Å². The van der Waals surface area contributed by atoms with Crippen molar-refractivity contribution in [3.05, 3.63) is 48.0 Å². The Balaban J connectivity index is 1.71. The highest BCUT2D eigenvalue weighted by atomic mass is 15.2. The Morgan fingerprint density at radius 3 is 2.61 bits per heavy atom. The lowest BCUT2D eigenvalue weighted by Gasteiger charge is -2.16. The lowest BCUT2D eigenvalue weighted by molar-refractivity contribution is 0.633. The van der Waals surface area contributed by atoms with Crippen LogP contribution in [0.25, 0.3) is 0 Å². The average Bonchev–Trinajstić information content (AvgIpc) is 2.92. The quantitative estimate of drug-likeness (QED) is 0.483. The van der Waals surface area contributed by atoms with E-state index in [4.69, 9.17) is 0 Å². The van der Waals surface area contributed by atoms with Gasteiger partial charge in [-0.1, -0.05) is 42.5 Å². The predicted octanol–water partition coefficient (Wildman–Crippen LogP) is 2.11. The van der Waals surface area contributed by atoms with Gasteiger partial charge in [0.15, 0.2) is 5.96 Å². The molecule has 1 aromatic rings. The smallest absolute Gasteiger partial charge is 0.191 e. The molecule has 0 amide bonds. The van der Waals surface area contributed by atoms with Crippen molar-refractivity contribution in [1.29, 1.82) is 0 Å². The Kier molecular flexibility index (Phi) is 4.82. The number of nitrogens with zero attached hydrogens (tertiary/aromatic N) is 1. The summed E-state index contributed by atoms with van der Waals surface area (Å²) in [6.45, 7) is 0.907. The van der Waals surface area contributed by atoms with Crippen molar-refractivity contribution in [2.45, 2.75) is 25.3 Å². The molecule has 1 aliphatic carbocycles. The van der Waals surface area contributed by atoms with Gasteiger partial charge >= 0.3 is 0 Å². The van der Waals surface area contributed by atoms with Gasteiger partial charge in [0.2, 0.25) is 0 Å². The minimum atomic E-state index is 0.507. The summed E-state index contributed by atoms with van der Waals surface area (Å²) < 4.78 is 0. The van der Waals surface area contributed by atoms with Crippen molar-refractivity contribution in [1.82, 2.24) is 10.6 Å². The van der Waals surface area contributed by atoms with Gasteiger partial charge in [0.1, 0.15) is 0 Å². The van der Waals surface area contributed by atoms with E-state index >= 15 is 0 Å². The summed E-state index contributed by atoms with van der Waals surface area (Å²) in [6, 6.07) is 11.0. The Morgan fingerprint density at radius 1 is 1.22 bits per heavy atom. The zero-order valence-corrected chi connectivity index (χ0v) is 10.9. The van der Waals surface area contributed by atoms with E-state index in [0.29, 0.717) is 6.04 Å². The van der Waals surface area contributed by atoms with Gasteiger partial charge in [-0.15, -0.1) is 0 Å². The molecule has 0 saturated heterocycles. The summed E-state index contributed by atoms with van der Waals surface area (Å²) in [5.41, 5.74) is 1.35. The van der Waals surface area contributed by atoms with Crippen molar-refractivity contribution >= 4 is 5.96 Å². The van der Waals surface area contributed by atoms with Gasteiger partial charge < -0.3 is 10.6 Å². The number of hydrogen-bond acceptors (Lipinski definition) is 1. The highest BCUT2D eigenvalue weighted by Gasteiger charge is 2.10. The van der Waals surface area contributed by atoms with Crippen molar-refractivity contribution < 1.29 is 0 Å². The third-order valence-corrected chi connectivity index (χ3v) is 3.12. The van der Waals surface area contributed by atoms with E-state index in [9.17, 15) is 0 Å². The molecule has 2 N–H and O–H groups in total. The molecule has 0 aromatic heterocycles. The molecule has 0 bridgehead atoms. The summed E-state index contributed by atoms with van der Waals surface area (Å²) in [6.07, 6.45) is 7.65. The minimum Gasteiger partial charge on any atom is -0.356 e. The number of nitrogens with one attached hydrogen (secondary N) is 2. The van der Waals surface area contributed by atoms with Crippen LogP contribution in [0.2, 0.25) is 0 Å². The predicted molar refractivity (Wildman–Crippen MR) is 76.8 cm³/mol. The fraction of sp³-hybridized carbons (Fsp3) is 0.400. The number of rotatable bonds is 4. The first kappa shape index (κ1) is 12.7. The van der Waals surface area contributed by atoms with Crippen molar-refractivity contribution in [2.24, 2.45) is 4.99 Å². The topological polar surface area (TPSA) is 36.4 Å². The van der Waals surface area contributed by atoms with E-state index in [0.717, 1.165) is 31.8 Å². The molecular formula is C15H21N3. The van der Waals surface area contributed by atoms with E-state index in [2.05, 4.69) is 52.0 Å². The van der Waals surface area contributed by atoms with E-state index in [1.807, 2.05) is 13.1 Å². The lowest BCUT2D eigenvalue weighted by Crippen LogP contribution is -2.43. The SMILES string of the molecule is CN=C(NCCc1ccccc1)NC1CC=CC1. The summed E-state index contributed by atoms with van der Waals surface area (Å²) in [5, 5.41) is 6.78. The molecule has 2 rings (SSSR count). The minimum absolute atomic E-state index is 0.507. The standard InChI is InChI=1S/C15H21N3/c1-16-15(18-14-9-5-6-10-14)17-12-11-13-7-3-2-4-8-13/h2-8,14H,9-12H2,1H3,(H2,16,17,18). The second-order valence-electron chi connectivity index (χ2n) is 4.52. The maximum Gasteiger partial charge on any atom is 0.191 e. The van der Waals surface area contributed by atoms with Crippen LogP contribution in [-0.2, 0) is 6.42 Å². The Morgan fingerprint density at radius 2 is 1.94 bits per heavy atom. The van der Waals surface area contributed by atoms with Gasteiger partial charge in [-0.25, -0.2) is 0 Å². The molecule has 0 heterocycles. The van der Waals surface area contributed by atoms with Gasteiger partial charge in [-0.3, -0.25) is 4.99 Å². The molecule has 1 aliphatic rings. The maximum atomic E-state index is 4.25. The molecule has 3 heteroatoms. The zero-order chi connectivity index (χ0) is 12.6. The first-order chi connectivity index (χ1) is 8.88. The van der Waals surface area contributed by atoms with Crippen molar-refractivity contribution in [2.75, 3.05) is 13.6 Å². The molecule has 0 aliphatic heterocycles. The molecule has 96 valence electrons. The van der Waals surface area contributed by atoms with Crippen molar-refractivity contribution in [3.8, 4) is 0 Å². The molecular weight excluding hydrogens is 222 g/mol. The summed E-state index contributed by atoms with van der Waals surface area (Å²) in [4.78, 5) is 4.25. The summed E-state index contributed by atoms with van der Waals surface area (Å²) in [5.74, 6) is 0.902. The molecule has 3 nitrogen and oxygen atoms in total. The van der Waals surface area contributed by atoms with Gasteiger partial charge in [-0.05, 0) is 24.8 Å². The molecule has 1 aromatic carbocycles. The molecule has 0 atom stereocenters. The molecule has 0 fully saturated rings. The zero-order valence-electron chi connectivity index (χ0n) is 10.9. The fourth-order valence-corrected chi connectivity index (χ4v) is 2.09. The van der Waals surface area contributed by atoms with Crippen LogP contribution in [0.4, 0.5) is 0 Å². The van der Waals surface area contributed by atoms with Crippen LogP contribution in [0.1, 0.15) is 18.4 Å². The second-order valence-corrected chi connectivity index (χ2v) is 4.52. The molecule has 0 spiro atoms. The highest BCUT2D eigenvalue weighted by molar-refractivity contribution is 5.80. The fourth-order valence-electron chi connectivity index (χ4n) is 2.09. The van der Waals surface area contributed by atoms with Gasteiger partial charge in [0.05, 0.1) is 0 Å². The normalized spacial score (nSPS) is 15.9. The molecule has 0 radical (unpaired) electrons. The number of aliphatic imine (C=N–C) groups is 1. The lowest BCUT2D eigenvalue weighted by atomic mass is 10.1. The molecule has 18 heavy (non-hydrogen) atoms. The van der Waals surface area contributed by atoms with E-state index < -0.39 is 0 Å². The van der Waals surface area contributed by atoms with Crippen LogP contribution in [0.5, 0.6) is 0 Å². The van der Waals surface area contributed by atoms with Gasteiger partial charge in [-0.2, -0.15) is 0 Å². The average molecular weight is 243 g/mol. The third kappa shape index (κ3) is 3.91. The molecule has 0 unspecified atom stereocenters. The van der Waals surface area contributed by atoms with E-state index in [1.165, 1.54) is 5.56 Å². The number of benzene rings is 1. The van der Waals surface area contributed by atoms with Gasteiger partial charge in [0, 0.05) is 19.6 Å². The number of hydrogen-bond donors (Lipinski definition) is 2. The highest BCUT2D eigenvalue weighted by Crippen LogP contribution is 2.08. The van der Waals surface area contributed by atoms with Crippen LogP contribution >= 0.6 is 0 Å². The number of guanidine groups is 1. The first-order valence-corrected chi connectivity index (χ1v) is 6.54. The monoisotopic (exact) mass is 243 g/mol. The second kappa shape index (κ2) is 6.84. The van der Waals surface area contributed by atoms with Crippen LogP contribution in [0.15, 0.2) is 47.5 Å². The van der Waals surface area contributed by atoms with Crippen molar-refractivity contribution in [3.63, 3.8) is 0 Å². The summed E-state index contributed by atoms with van der Waals surface area (Å²) >= 11 is 0. The summed E-state index contributed by atoms with van der Waals surface area (Å²) in [7, 11) is 1.82. The van der Waals surface area contributed by atoms with Crippen LogP contribution < -0.4 is 10.6 Å².